The van der Waals surface area contributed by atoms with Crippen molar-refractivity contribution in [3.05, 3.63) is 34.9 Å². The summed E-state index contributed by atoms with van der Waals surface area (Å²) in [4.78, 5) is 4.81. The summed E-state index contributed by atoms with van der Waals surface area (Å²) >= 11 is 0. The summed E-state index contributed by atoms with van der Waals surface area (Å²) in [6, 6.07) is 6.51. The Morgan fingerprint density at radius 2 is 2.15 bits per heavy atom. The van der Waals surface area contributed by atoms with Gasteiger partial charge in [0.25, 0.3) is 0 Å². The van der Waals surface area contributed by atoms with Gasteiger partial charge in [0.1, 0.15) is 7.11 Å². The largest absolute Gasteiger partial charge is 0.399 e. The third-order valence-electron chi connectivity index (χ3n) is 2.41. The number of rotatable bonds is 1. The first-order chi connectivity index (χ1) is 6.31. The lowest BCUT2D eigenvalue weighted by Gasteiger charge is -2.00. The highest BCUT2D eigenvalue weighted by molar-refractivity contribution is 6.04. The van der Waals surface area contributed by atoms with Gasteiger partial charge in [-0.2, -0.15) is 0 Å². The predicted octanol–water partition coefficient (Wildman–Crippen LogP) is 2.29. The molecule has 0 fully saturated rings. The fraction of sp³-hybridized carbons (Fsp3) is 0.364. The Morgan fingerprint density at radius 3 is 2.92 bits per heavy atom. The standard InChI is InChI=1S/C11H13NO/c1-8-3-4-9-5-6-11(12-13-2)10(9)7-8/h3-4,7H,5-6H2,1-2H3/b12-11-. The van der Waals surface area contributed by atoms with Crippen LogP contribution in [0.5, 0.6) is 0 Å². The average molecular weight is 175 g/mol. The molecule has 13 heavy (non-hydrogen) atoms. The summed E-state index contributed by atoms with van der Waals surface area (Å²) in [5.74, 6) is 0. The first-order valence-corrected chi connectivity index (χ1v) is 4.51. The number of fused-ring (bicyclic) bond motifs is 1. The molecule has 0 atom stereocenters. The van der Waals surface area contributed by atoms with E-state index in [1.165, 1.54) is 16.7 Å². The third kappa shape index (κ3) is 1.44. The van der Waals surface area contributed by atoms with Crippen molar-refractivity contribution in [1.82, 2.24) is 0 Å². The van der Waals surface area contributed by atoms with Crippen LogP contribution in [-0.4, -0.2) is 12.8 Å². The topological polar surface area (TPSA) is 21.6 Å². The Hall–Kier alpha value is -1.31. The molecule has 0 spiro atoms. The SMILES string of the molecule is CO/N=C1/CCc2ccc(C)cc21. The molecular weight excluding hydrogens is 162 g/mol. The number of aryl methyl sites for hydroxylation is 2. The van der Waals surface area contributed by atoms with E-state index in [1.54, 1.807) is 7.11 Å². The summed E-state index contributed by atoms with van der Waals surface area (Å²) in [6.07, 6.45) is 2.10. The van der Waals surface area contributed by atoms with Crippen molar-refractivity contribution in [2.45, 2.75) is 19.8 Å². The molecule has 0 N–H and O–H groups in total. The Morgan fingerprint density at radius 1 is 1.31 bits per heavy atom. The van der Waals surface area contributed by atoms with Crippen molar-refractivity contribution in [1.29, 1.82) is 0 Å². The molecule has 1 aliphatic carbocycles. The smallest absolute Gasteiger partial charge is 0.106 e. The van der Waals surface area contributed by atoms with Crippen LogP contribution in [0.15, 0.2) is 23.4 Å². The number of hydrogen-bond acceptors (Lipinski definition) is 2. The van der Waals surface area contributed by atoms with Gasteiger partial charge in [0.15, 0.2) is 0 Å². The number of hydrogen-bond donors (Lipinski definition) is 0. The van der Waals surface area contributed by atoms with E-state index in [0.717, 1.165) is 18.6 Å². The normalized spacial score (nSPS) is 17.5. The predicted molar refractivity (Wildman–Crippen MR) is 53.0 cm³/mol. The maximum atomic E-state index is 4.81. The minimum atomic E-state index is 1.01. The minimum Gasteiger partial charge on any atom is -0.399 e. The van der Waals surface area contributed by atoms with Crippen molar-refractivity contribution in [3.8, 4) is 0 Å². The fourth-order valence-electron chi connectivity index (χ4n) is 1.77. The lowest BCUT2D eigenvalue weighted by Crippen LogP contribution is -1.95. The maximum absolute atomic E-state index is 4.81. The van der Waals surface area contributed by atoms with Crippen molar-refractivity contribution >= 4 is 5.71 Å². The van der Waals surface area contributed by atoms with Crippen LogP contribution in [-0.2, 0) is 11.3 Å². The van der Waals surface area contributed by atoms with Gasteiger partial charge >= 0.3 is 0 Å². The second kappa shape index (κ2) is 3.21. The van der Waals surface area contributed by atoms with Crippen LogP contribution >= 0.6 is 0 Å². The van der Waals surface area contributed by atoms with Gasteiger partial charge in [-0.15, -0.1) is 0 Å². The minimum absolute atomic E-state index is 1.01. The van der Waals surface area contributed by atoms with Gasteiger partial charge < -0.3 is 4.84 Å². The first kappa shape index (κ1) is 8.30. The third-order valence-corrected chi connectivity index (χ3v) is 2.41. The average Bonchev–Trinajstić information content (AvgIpc) is 2.49. The molecule has 68 valence electrons. The molecule has 1 aliphatic rings. The maximum Gasteiger partial charge on any atom is 0.106 e. The highest BCUT2D eigenvalue weighted by Gasteiger charge is 2.17. The monoisotopic (exact) mass is 175 g/mol. The Balaban J connectivity index is 2.46. The van der Waals surface area contributed by atoms with Crippen molar-refractivity contribution in [2.75, 3.05) is 7.11 Å². The van der Waals surface area contributed by atoms with Crippen molar-refractivity contribution in [3.63, 3.8) is 0 Å². The molecule has 1 aromatic carbocycles. The molecule has 2 nitrogen and oxygen atoms in total. The van der Waals surface area contributed by atoms with Gasteiger partial charge in [0.05, 0.1) is 5.71 Å². The van der Waals surface area contributed by atoms with Crippen LogP contribution in [0.3, 0.4) is 0 Å². The number of benzene rings is 1. The zero-order chi connectivity index (χ0) is 9.26. The van der Waals surface area contributed by atoms with E-state index in [9.17, 15) is 0 Å². The van der Waals surface area contributed by atoms with Crippen molar-refractivity contribution < 1.29 is 4.84 Å². The Kier molecular flexibility index (Phi) is 2.05. The lowest BCUT2D eigenvalue weighted by atomic mass is 10.1. The Labute approximate surface area is 78.2 Å². The molecule has 2 rings (SSSR count). The van der Waals surface area contributed by atoms with Gasteiger partial charge in [-0.1, -0.05) is 22.9 Å². The molecule has 2 heteroatoms. The molecule has 0 amide bonds. The van der Waals surface area contributed by atoms with E-state index < -0.39 is 0 Å². The van der Waals surface area contributed by atoms with Gasteiger partial charge in [-0.05, 0) is 31.4 Å². The van der Waals surface area contributed by atoms with Gasteiger partial charge in [0, 0.05) is 5.56 Å². The molecule has 0 bridgehead atoms. The summed E-state index contributed by atoms with van der Waals surface area (Å²) < 4.78 is 0. The second-order valence-electron chi connectivity index (χ2n) is 3.38. The Bertz CT molecular complexity index is 355. The van der Waals surface area contributed by atoms with E-state index in [4.69, 9.17) is 4.84 Å². The molecule has 0 radical (unpaired) electrons. The van der Waals surface area contributed by atoms with Crippen LogP contribution in [0.25, 0.3) is 0 Å². The molecule has 0 saturated carbocycles. The molecule has 0 unspecified atom stereocenters. The molecule has 0 saturated heterocycles. The summed E-state index contributed by atoms with van der Waals surface area (Å²) in [6.45, 7) is 2.10. The van der Waals surface area contributed by atoms with Gasteiger partial charge in [0.2, 0.25) is 0 Å². The second-order valence-corrected chi connectivity index (χ2v) is 3.38. The van der Waals surface area contributed by atoms with E-state index in [0.29, 0.717) is 0 Å². The van der Waals surface area contributed by atoms with Crippen molar-refractivity contribution in [2.24, 2.45) is 5.16 Å². The zero-order valence-corrected chi connectivity index (χ0v) is 8.00. The van der Waals surface area contributed by atoms with Gasteiger partial charge in [-0.3, -0.25) is 0 Å². The molecule has 1 aromatic rings. The van der Waals surface area contributed by atoms with Crippen LogP contribution in [0, 0.1) is 6.92 Å². The number of nitrogens with zero attached hydrogens (tertiary/aromatic N) is 1. The van der Waals surface area contributed by atoms with Crippen LogP contribution < -0.4 is 0 Å². The van der Waals surface area contributed by atoms with E-state index in [2.05, 4.69) is 30.3 Å². The first-order valence-electron chi connectivity index (χ1n) is 4.51. The molecular formula is C11H13NO. The number of oxime groups is 1. The highest BCUT2D eigenvalue weighted by atomic mass is 16.6. The summed E-state index contributed by atoms with van der Waals surface area (Å²) in [5, 5.41) is 4.02. The highest BCUT2D eigenvalue weighted by Crippen LogP contribution is 2.23. The zero-order valence-electron chi connectivity index (χ0n) is 8.00. The van der Waals surface area contributed by atoms with E-state index in [1.807, 2.05) is 0 Å². The fourth-order valence-corrected chi connectivity index (χ4v) is 1.77. The molecule has 0 aliphatic heterocycles. The van der Waals surface area contributed by atoms with Gasteiger partial charge in [-0.25, -0.2) is 0 Å². The van der Waals surface area contributed by atoms with E-state index >= 15 is 0 Å². The molecule has 0 heterocycles. The summed E-state index contributed by atoms with van der Waals surface area (Å²) in [7, 11) is 1.60. The van der Waals surface area contributed by atoms with Crippen LogP contribution in [0.2, 0.25) is 0 Å². The molecule has 0 aromatic heterocycles. The lowest BCUT2D eigenvalue weighted by molar-refractivity contribution is 0.213. The quantitative estimate of drug-likeness (QED) is 0.600. The summed E-state index contributed by atoms with van der Waals surface area (Å²) in [5.41, 5.74) is 5.02. The van der Waals surface area contributed by atoms with Crippen LogP contribution in [0.4, 0.5) is 0 Å². The van der Waals surface area contributed by atoms with E-state index in [-0.39, 0.29) is 0 Å². The van der Waals surface area contributed by atoms with Crippen LogP contribution in [0.1, 0.15) is 23.1 Å².